The lowest BCUT2D eigenvalue weighted by molar-refractivity contribution is -0.148. The van der Waals surface area contributed by atoms with Gasteiger partial charge >= 0.3 is 12.6 Å². The van der Waals surface area contributed by atoms with Crippen molar-refractivity contribution in [3.05, 3.63) is 71.7 Å². The summed E-state index contributed by atoms with van der Waals surface area (Å²) in [5.74, 6) is -0.0988. The van der Waals surface area contributed by atoms with Crippen molar-refractivity contribution in [2.24, 2.45) is 17.8 Å². The van der Waals surface area contributed by atoms with E-state index in [9.17, 15) is 13.6 Å². The van der Waals surface area contributed by atoms with Crippen LogP contribution in [0.3, 0.4) is 0 Å². The van der Waals surface area contributed by atoms with E-state index in [0.29, 0.717) is 47.9 Å². The zero-order chi connectivity index (χ0) is 29.8. The maximum Gasteiger partial charge on any atom is 0.387 e. The molecule has 1 saturated carbocycles. The highest BCUT2D eigenvalue weighted by molar-refractivity contribution is 5.74. The molecule has 5 atom stereocenters. The number of carbonyl (C=O) groups is 1. The second-order valence-electron chi connectivity index (χ2n) is 11.4. The van der Waals surface area contributed by atoms with E-state index in [2.05, 4.69) is 19.9 Å². The number of rotatable bonds is 7. The Bertz CT molecular complexity index is 1670. The molecule has 4 aromatic rings. The minimum atomic E-state index is -2.97. The van der Waals surface area contributed by atoms with Crippen LogP contribution in [0.2, 0.25) is 0 Å². The summed E-state index contributed by atoms with van der Waals surface area (Å²) in [6.45, 7) is -1.65. The number of hydrogen-bond acceptors (Lipinski definition) is 8. The van der Waals surface area contributed by atoms with E-state index in [1.807, 2.05) is 0 Å². The molecule has 1 saturated heterocycles. The van der Waals surface area contributed by atoms with Gasteiger partial charge in [-0.2, -0.15) is 8.78 Å². The van der Waals surface area contributed by atoms with Crippen molar-refractivity contribution >= 4 is 17.6 Å². The van der Waals surface area contributed by atoms with E-state index in [4.69, 9.17) is 14.2 Å². The van der Waals surface area contributed by atoms with Gasteiger partial charge in [0.1, 0.15) is 23.3 Å². The lowest BCUT2D eigenvalue weighted by Crippen LogP contribution is -2.45. The highest BCUT2D eigenvalue weighted by Gasteiger charge is 2.47. The van der Waals surface area contributed by atoms with Gasteiger partial charge in [0, 0.05) is 67.5 Å². The molecule has 7 rings (SSSR count). The Kier molecular flexibility index (Phi) is 6.95. The molecular formula is C31H30F3N5O4. The number of alkyl halides is 2. The van der Waals surface area contributed by atoms with Gasteiger partial charge < -0.3 is 23.5 Å². The van der Waals surface area contributed by atoms with Crippen LogP contribution < -0.4 is 9.64 Å². The highest BCUT2D eigenvalue weighted by atomic mass is 19.3. The van der Waals surface area contributed by atoms with Crippen LogP contribution in [-0.4, -0.2) is 59.2 Å². The number of halogens is 3. The molecule has 224 valence electrons. The molecule has 43 heavy (non-hydrogen) atoms. The first-order valence-corrected chi connectivity index (χ1v) is 14.3. The van der Waals surface area contributed by atoms with E-state index in [-0.39, 0.29) is 41.0 Å². The zero-order valence-electron chi connectivity index (χ0n) is 23.6. The summed E-state index contributed by atoms with van der Waals surface area (Å²) in [6, 6.07) is 8.02. The minimum Gasteiger partial charge on any atom is -0.469 e. The number of imidazole rings is 1. The van der Waals surface area contributed by atoms with Crippen LogP contribution in [0.4, 0.5) is 19.1 Å². The predicted molar refractivity (Wildman–Crippen MR) is 149 cm³/mol. The number of pyridine rings is 1. The van der Waals surface area contributed by atoms with E-state index < -0.39 is 18.5 Å². The Balaban J connectivity index is 1.22. The monoisotopic (exact) mass is 593 g/mol. The topological polar surface area (TPSA) is 91.1 Å². The first-order chi connectivity index (χ1) is 20.9. The average Bonchev–Trinajstić information content (AvgIpc) is 3.63. The van der Waals surface area contributed by atoms with Crippen molar-refractivity contribution in [3.63, 3.8) is 0 Å². The maximum atomic E-state index is 15.5. The molecule has 12 heteroatoms. The number of anilines is 1. The molecule has 0 spiro atoms. The van der Waals surface area contributed by atoms with Crippen molar-refractivity contribution in [1.82, 2.24) is 19.4 Å². The van der Waals surface area contributed by atoms with Crippen LogP contribution in [0.15, 0.2) is 48.9 Å². The molecule has 1 aromatic carbocycles. The van der Waals surface area contributed by atoms with Gasteiger partial charge in [0.05, 0.1) is 24.4 Å². The molecular weight excluding hydrogens is 563 g/mol. The van der Waals surface area contributed by atoms with Crippen LogP contribution in [0.1, 0.15) is 48.2 Å². The number of carbonyl (C=O) groups excluding carboxylic acids is 1. The summed E-state index contributed by atoms with van der Waals surface area (Å²) in [5.41, 5.74) is 3.08. The number of hydrogen-bond donors (Lipinski definition) is 0. The molecule has 2 fully saturated rings. The Labute approximate surface area is 245 Å². The molecule has 3 aromatic heterocycles. The van der Waals surface area contributed by atoms with E-state index in [0.717, 1.165) is 18.5 Å². The number of benzene rings is 1. The standard InChI is InChI=1S/C31H30F3N5O4/c1-41-24-9-20(19-5-3-4-6-23(19)43-30(33)34)28-27(24)37-25-10-22(32)21(15-39(25)28)18-11-35-31(36-12-18)38-13-16-7-8-17(14-38)26(16)29(40)42-2/h3-6,10-12,15-17,20,24,26,30H,7-9,13-14H2,1-2H3/t16-,17+,20-,24-,26?/m1/s1. The third-order valence-corrected chi connectivity index (χ3v) is 9.19. The SMILES string of the molecule is COC(=O)C1[C@@H]2CC[C@H]1CN(c1ncc(-c3cn4c5c(nc4cc3F)[C@H](OC)C[C@@H]5c3ccccc3OC(F)F)cn1)C2. The van der Waals surface area contributed by atoms with Crippen LogP contribution in [0.5, 0.6) is 5.75 Å². The smallest absolute Gasteiger partial charge is 0.387 e. The van der Waals surface area contributed by atoms with E-state index in [1.165, 1.54) is 19.2 Å². The molecule has 9 nitrogen and oxygen atoms in total. The molecule has 1 aliphatic heterocycles. The number of esters is 1. The molecule has 0 N–H and O–H groups in total. The fourth-order valence-corrected chi connectivity index (χ4v) is 7.32. The van der Waals surface area contributed by atoms with Crippen molar-refractivity contribution in [2.45, 2.75) is 37.9 Å². The summed E-state index contributed by atoms with van der Waals surface area (Å²) in [5, 5.41) is 0. The average molecular weight is 594 g/mol. The lowest BCUT2D eigenvalue weighted by Gasteiger charge is -2.36. The van der Waals surface area contributed by atoms with Gasteiger partial charge in [-0.05, 0) is 37.2 Å². The van der Waals surface area contributed by atoms with Crippen LogP contribution in [0.25, 0.3) is 16.8 Å². The van der Waals surface area contributed by atoms with Crippen molar-refractivity contribution < 1.29 is 32.2 Å². The predicted octanol–water partition coefficient (Wildman–Crippen LogP) is 5.39. The van der Waals surface area contributed by atoms with Gasteiger partial charge in [0.2, 0.25) is 5.95 Å². The maximum absolute atomic E-state index is 15.5. The second-order valence-corrected chi connectivity index (χ2v) is 11.4. The highest BCUT2D eigenvalue weighted by Crippen LogP contribution is 2.48. The van der Waals surface area contributed by atoms with Crippen LogP contribution in [0, 0.1) is 23.6 Å². The normalized spacial score (nSPS) is 24.5. The summed E-state index contributed by atoms with van der Waals surface area (Å²) in [6.07, 6.45) is 6.84. The first-order valence-electron chi connectivity index (χ1n) is 14.3. The number of para-hydroxylation sites is 1. The fraction of sp³-hybridized carbons (Fsp3) is 0.419. The molecule has 0 amide bonds. The largest absolute Gasteiger partial charge is 0.469 e. The third-order valence-electron chi connectivity index (χ3n) is 9.19. The Morgan fingerprint density at radius 3 is 2.47 bits per heavy atom. The Morgan fingerprint density at radius 2 is 1.79 bits per heavy atom. The number of fused-ring (bicyclic) bond motifs is 5. The van der Waals surface area contributed by atoms with Gasteiger partial charge in [-0.1, -0.05) is 18.2 Å². The molecule has 2 aliphatic carbocycles. The van der Waals surface area contributed by atoms with E-state index >= 15 is 4.39 Å². The molecule has 4 heterocycles. The third kappa shape index (κ3) is 4.68. The fourth-order valence-electron chi connectivity index (χ4n) is 7.32. The zero-order valence-corrected chi connectivity index (χ0v) is 23.6. The number of nitrogens with zero attached hydrogens (tertiary/aromatic N) is 5. The number of piperidine rings is 1. The quantitative estimate of drug-likeness (QED) is 0.264. The Morgan fingerprint density at radius 1 is 1.07 bits per heavy atom. The number of aromatic nitrogens is 4. The van der Waals surface area contributed by atoms with Crippen molar-refractivity contribution in [1.29, 1.82) is 0 Å². The summed E-state index contributed by atoms with van der Waals surface area (Å²) >= 11 is 0. The lowest BCUT2D eigenvalue weighted by atomic mass is 9.85. The molecule has 3 aliphatic rings. The summed E-state index contributed by atoms with van der Waals surface area (Å²) in [4.78, 5) is 28.2. The number of methoxy groups -OCH3 is 2. The molecule has 2 bridgehead atoms. The summed E-state index contributed by atoms with van der Waals surface area (Å²) in [7, 11) is 3.00. The minimum absolute atomic E-state index is 0.0792. The van der Waals surface area contributed by atoms with Crippen LogP contribution >= 0.6 is 0 Å². The van der Waals surface area contributed by atoms with Gasteiger partial charge in [-0.15, -0.1) is 0 Å². The van der Waals surface area contributed by atoms with Gasteiger partial charge in [0.25, 0.3) is 0 Å². The van der Waals surface area contributed by atoms with Crippen molar-refractivity contribution in [2.75, 3.05) is 32.2 Å². The Hall–Kier alpha value is -4.19. The van der Waals surface area contributed by atoms with Gasteiger partial charge in [0.15, 0.2) is 0 Å². The van der Waals surface area contributed by atoms with Gasteiger partial charge in [-0.25, -0.2) is 19.3 Å². The molecule has 0 radical (unpaired) electrons. The van der Waals surface area contributed by atoms with Crippen molar-refractivity contribution in [3.8, 4) is 16.9 Å². The second kappa shape index (κ2) is 10.8. The first kappa shape index (κ1) is 27.6. The summed E-state index contributed by atoms with van der Waals surface area (Å²) < 4.78 is 59.3. The van der Waals surface area contributed by atoms with Crippen LogP contribution in [-0.2, 0) is 14.3 Å². The van der Waals surface area contributed by atoms with Gasteiger partial charge in [-0.3, -0.25) is 4.79 Å². The number of ether oxygens (including phenoxy) is 3. The molecule has 1 unspecified atom stereocenters. The van der Waals surface area contributed by atoms with E-state index in [1.54, 1.807) is 48.3 Å².